The van der Waals surface area contributed by atoms with Crippen LogP contribution in [0.15, 0.2) is 83.8 Å². The number of carbonyl (C=O) groups is 1. The van der Waals surface area contributed by atoms with Crippen molar-refractivity contribution in [3.8, 4) is 0 Å². The number of rotatable bonds is 5. The molecule has 3 aromatic carbocycles. The maximum Gasteiger partial charge on any atom is 0.242 e. The van der Waals surface area contributed by atoms with E-state index in [1.54, 1.807) is 0 Å². The fraction of sp³-hybridized carbons (Fsp3) is 0.0952. The van der Waals surface area contributed by atoms with Crippen LogP contribution in [-0.2, 0) is 4.79 Å². The molecule has 0 heterocycles. The molecule has 0 spiro atoms. The van der Waals surface area contributed by atoms with Crippen LogP contribution in [0.1, 0.15) is 16.4 Å². The molecule has 25 heavy (non-hydrogen) atoms. The van der Waals surface area contributed by atoms with Gasteiger partial charge in [0.1, 0.15) is 5.25 Å². The number of amides is 1. The third kappa shape index (κ3) is 4.64. The van der Waals surface area contributed by atoms with Gasteiger partial charge in [0.15, 0.2) is 0 Å². The average Bonchev–Trinajstić information content (AvgIpc) is 2.62. The van der Waals surface area contributed by atoms with Crippen molar-refractivity contribution in [2.24, 2.45) is 0 Å². The lowest BCUT2D eigenvalue weighted by atomic mass is 10.1. The lowest BCUT2D eigenvalue weighted by Gasteiger charge is -2.17. The van der Waals surface area contributed by atoms with E-state index in [2.05, 4.69) is 5.32 Å². The van der Waals surface area contributed by atoms with Gasteiger partial charge in [-0.05, 0) is 54.4 Å². The summed E-state index contributed by atoms with van der Waals surface area (Å²) < 4.78 is 0. The molecule has 1 amide bonds. The molecular weight excluding hydrogens is 328 g/mol. The second-order valence-corrected chi connectivity index (χ2v) is 7.01. The van der Waals surface area contributed by atoms with Crippen LogP contribution in [0.25, 0.3) is 0 Å². The molecule has 0 saturated heterocycles. The number of nitrogen functional groups attached to an aromatic ring is 1. The van der Waals surface area contributed by atoms with E-state index >= 15 is 0 Å². The number of nitrogens with one attached hydrogen (secondary N) is 1. The lowest BCUT2D eigenvalue weighted by Crippen LogP contribution is -2.19. The number of aryl methyl sites for hydroxylation is 1. The van der Waals surface area contributed by atoms with Crippen LogP contribution in [-0.4, -0.2) is 5.91 Å². The van der Waals surface area contributed by atoms with Crippen LogP contribution >= 0.6 is 11.8 Å². The monoisotopic (exact) mass is 348 g/mol. The summed E-state index contributed by atoms with van der Waals surface area (Å²) in [7, 11) is 0. The molecule has 0 aliphatic heterocycles. The predicted octanol–water partition coefficient (Wildman–Crippen LogP) is 5.05. The lowest BCUT2D eigenvalue weighted by molar-refractivity contribution is -0.115. The summed E-state index contributed by atoms with van der Waals surface area (Å²) in [5.41, 5.74) is 9.36. The number of anilines is 2. The molecular formula is C21H20N2OS. The van der Waals surface area contributed by atoms with Crippen LogP contribution < -0.4 is 11.1 Å². The molecule has 3 aromatic rings. The maximum atomic E-state index is 12.9. The fourth-order valence-electron chi connectivity index (χ4n) is 2.51. The van der Waals surface area contributed by atoms with Gasteiger partial charge in [0.2, 0.25) is 5.91 Å². The number of hydrogen-bond acceptors (Lipinski definition) is 3. The van der Waals surface area contributed by atoms with Gasteiger partial charge in [-0.3, -0.25) is 4.79 Å². The van der Waals surface area contributed by atoms with Crippen molar-refractivity contribution in [1.82, 2.24) is 0 Å². The highest BCUT2D eigenvalue weighted by Crippen LogP contribution is 2.36. The number of hydrogen-bond donors (Lipinski definition) is 2. The first-order valence-electron chi connectivity index (χ1n) is 8.06. The quantitative estimate of drug-likeness (QED) is 0.501. The summed E-state index contributed by atoms with van der Waals surface area (Å²) >= 11 is 1.51. The molecule has 0 aliphatic rings. The Hall–Kier alpha value is -2.72. The Kier molecular flexibility index (Phi) is 5.41. The topological polar surface area (TPSA) is 55.1 Å². The normalized spacial score (nSPS) is 11.7. The molecule has 3 nitrogen and oxygen atoms in total. The number of thioether (sulfide) groups is 1. The Morgan fingerprint density at radius 3 is 2.36 bits per heavy atom. The minimum absolute atomic E-state index is 0.0429. The van der Waals surface area contributed by atoms with E-state index in [9.17, 15) is 4.79 Å². The number of nitrogens with two attached hydrogens (primary N) is 1. The summed E-state index contributed by atoms with van der Waals surface area (Å²) in [6.07, 6.45) is 0. The van der Waals surface area contributed by atoms with Crippen molar-refractivity contribution < 1.29 is 4.79 Å². The Morgan fingerprint density at radius 1 is 0.960 bits per heavy atom. The molecule has 1 atom stereocenters. The molecule has 0 radical (unpaired) electrons. The number of carbonyl (C=O) groups excluding carboxylic acids is 1. The molecule has 0 bridgehead atoms. The van der Waals surface area contributed by atoms with E-state index in [1.165, 1.54) is 11.8 Å². The van der Waals surface area contributed by atoms with Gasteiger partial charge in [0, 0.05) is 16.3 Å². The summed E-state index contributed by atoms with van der Waals surface area (Å²) in [4.78, 5) is 13.9. The van der Waals surface area contributed by atoms with Gasteiger partial charge < -0.3 is 11.1 Å². The maximum absolute atomic E-state index is 12.9. The standard InChI is InChI=1S/C21H20N2OS/c1-15-6-5-9-18(14-15)23-21(24)20(16-7-3-2-4-8-16)25-19-12-10-17(22)11-13-19/h2-14,20H,22H2,1H3,(H,23,24). The summed E-state index contributed by atoms with van der Waals surface area (Å²) in [5.74, 6) is -0.0429. The Morgan fingerprint density at radius 2 is 1.68 bits per heavy atom. The van der Waals surface area contributed by atoms with Crippen LogP contribution in [0, 0.1) is 6.92 Å². The zero-order chi connectivity index (χ0) is 17.6. The summed E-state index contributed by atoms with van der Waals surface area (Å²) in [6.45, 7) is 2.01. The predicted molar refractivity (Wildman–Crippen MR) is 106 cm³/mol. The van der Waals surface area contributed by atoms with Crippen molar-refractivity contribution in [1.29, 1.82) is 0 Å². The largest absolute Gasteiger partial charge is 0.399 e. The first kappa shape index (κ1) is 17.1. The van der Waals surface area contributed by atoms with Crippen molar-refractivity contribution >= 4 is 29.0 Å². The highest BCUT2D eigenvalue weighted by molar-refractivity contribution is 8.00. The summed E-state index contributed by atoms with van der Waals surface area (Å²) in [6, 6.07) is 25.2. The SMILES string of the molecule is Cc1cccc(NC(=O)C(Sc2ccc(N)cc2)c2ccccc2)c1. The highest BCUT2D eigenvalue weighted by Gasteiger charge is 2.22. The van der Waals surface area contributed by atoms with Gasteiger partial charge in [-0.2, -0.15) is 0 Å². The highest BCUT2D eigenvalue weighted by atomic mass is 32.2. The third-order valence-electron chi connectivity index (χ3n) is 3.76. The van der Waals surface area contributed by atoms with Crippen molar-refractivity contribution in [2.75, 3.05) is 11.1 Å². The van der Waals surface area contributed by atoms with Gasteiger partial charge in [0.25, 0.3) is 0 Å². The minimum atomic E-state index is -0.342. The minimum Gasteiger partial charge on any atom is -0.399 e. The first-order chi connectivity index (χ1) is 12.1. The third-order valence-corrected chi connectivity index (χ3v) is 5.03. The zero-order valence-electron chi connectivity index (χ0n) is 14.0. The van der Waals surface area contributed by atoms with E-state index in [1.807, 2.05) is 85.8 Å². The van der Waals surface area contributed by atoms with Gasteiger partial charge in [-0.25, -0.2) is 0 Å². The molecule has 0 fully saturated rings. The van der Waals surface area contributed by atoms with Gasteiger partial charge in [-0.15, -0.1) is 11.8 Å². The number of benzene rings is 3. The molecule has 0 aromatic heterocycles. The molecule has 4 heteroatoms. The van der Waals surface area contributed by atoms with Crippen molar-refractivity contribution in [3.05, 3.63) is 90.0 Å². The zero-order valence-corrected chi connectivity index (χ0v) is 14.8. The average molecular weight is 348 g/mol. The first-order valence-corrected chi connectivity index (χ1v) is 8.94. The van der Waals surface area contributed by atoms with E-state index in [0.717, 1.165) is 21.7 Å². The van der Waals surface area contributed by atoms with E-state index in [4.69, 9.17) is 5.73 Å². The Bertz CT molecular complexity index is 847. The summed E-state index contributed by atoms with van der Waals surface area (Å²) in [5, 5.41) is 2.69. The van der Waals surface area contributed by atoms with Crippen molar-refractivity contribution in [3.63, 3.8) is 0 Å². The fourth-order valence-corrected chi connectivity index (χ4v) is 3.54. The molecule has 0 aliphatic carbocycles. The van der Waals surface area contributed by atoms with Crippen LogP contribution in [0.3, 0.4) is 0 Å². The molecule has 1 unspecified atom stereocenters. The molecule has 3 rings (SSSR count). The molecule has 0 saturated carbocycles. The van der Waals surface area contributed by atoms with Gasteiger partial charge >= 0.3 is 0 Å². The van der Waals surface area contributed by atoms with Gasteiger partial charge in [0.05, 0.1) is 0 Å². The second kappa shape index (κ2) is 7.90. The van der Waals surface area contributed by atoms with Crippen molar-refractivity contribution in [2.45, 2.75) is 17.1 Å². The van der Waals surface area contributed by atoms with Crippen LogP contribution in [0.5, 0.6) is 0 Å². The molecule has 126 valence electrons. The van der Waals surface area contributed by atoms with E-state index in [-0.39, 0.29) is 11.2 Å². The smallest absolute Gasteiger partial charge is 0.242 e. The van der Waals surface area contributed by atoms with Crippen LogP contribution in [0.4, 0.5) is 11.4 Å². The van der Waals surface area contributed by atoms with Crippen LogP contribution in [0.2, 0.25) is 0 Å². The Balaban J connectivity index is 1.85. The molecule has 3 N–H and O–H groups in total. The van der Waals surface area contributed by atoms with E-state index in [0.29, 0.717) is 5.69 Å². The second-order valence-electron chi connectivity index (χ2n) is 5.84. The Labute approximate surface area is 152 Å². The van der Waals surface area contributed by atoms with Gasteiger partial charge in [-0.1, -0.05) is 42.5 Å². The van der Waals surface area contributed by atoms with E-state index < -0.39 is 0 Å².